The predicted molar refractivity (Wildman–Crippen MR) is 34.7 cm³/mol. The van der Waals surface area contributed by atoms with Crippen molar-refractivity contribution in [2.24, 2.45) is 5.41 Å². The molecule has 0 saturated heterocycles. The van der Waals surface area contributed by atoms with Crippen LogP contribution in [0.25, 0.3) is 0 Å². The molecule has 0 aliphatic heterocycles. The number of hydrogen-bond donors (Lipinski definition) is 0. The SMILES string of the molecule is CC1=C2CC2(C)CC1. The van der Waals surface area contributed by atoms with Crippen molar-refractivity contribution in [3.8, 4) is 0 Å². The fourth-order valence-corrected chi connectivity index (χ4v) is 1.87. The lowest BCUT2D eigenvalue weighted by atomic mass is 10.1. The lowest BCUT2D eigenvalue weighted by Crippen LogP contribution is -1.85. The topological polar surface area (TPSA) is 0 Å². The summed E-state index contributed by atoms with van der Waals surface area (Å²) in [5, 5.41) is 0. The van der Waals surface area contributed by atoms with E-state index in [0.29, 0.717) is 5.41 Å². The quantitative estimate of drug-likeness (QED) is 0.418. The van der Waals surface area contributed by atoms with Gasteiger partial charge < -0.3 is 0 Å². The van der Waals surface area contributed by atoms with Gasteiger partial charge in [0.15, 0.2) is 0 Å². The zero-order valence-corrected chi connectivity index (χ0v) is 5.62. The fourth-order valence-electron chi connectivity index (χ4n) is 1.87. The third-order valence-electron chi connectivity index (χ3n) is 2.74. The van der Waals surface area contributed by atoms with Gasteiger partial charge in [-0.15, -0.1) is 0 Å². The van der Waals surface area contributed by atoms with Crippen LogP contribution in [-0.2, 0) is 0 Å². The van der Waals surface area contributed by atoms with E-state index in [1.165, 1.54) is 19.3 Å². The highest BCUT2D eigenvalue weighted by Gasteiger charge is 2.48. The minimum Gasteiger partial charge on any atom is -0.0735 e. The smallest absolute Gasteiger partial charge is 0.00730 e. The first-order valence-electron chi connectivity index (χ1n) is 3.41. The summed E-state index contributed by atoms with van der Waals surface area (Å²) in [5.41, 5.74) is 4.18. The largest absolute Gasteiger partial charge is 0.0735 e. The first-order valence-corrected chi connectivity index (χ1v) is 3.41. The van der Waals surface area contributed by atoms with Crippen molar-refractivity contribution in [1.82, 2.24) is 0 Å². The summed E-state index contributed by atoms with van der Waals surface area (Å²) in [5.74, 6) is 0. The molecule has 1 unspecified atom stereocenters. The average molecular weight is 108 g/mol. The first kappa shape index (κ1) is 4.60. The normalized spacial score (nSPS) is 42.8. The van der Waals surface area contributed by atoms with Crippen molar-refractivity contribution in [3.63, 3.8) is 0 Å². The molecule has 0 spiro atoms. The second kappa shape index (κ2) is 1.02. The van der Waals surface area contributed by atoms with Crippen LogP contribution in [0, 0.1) is 5.41 Å². The minimum absolute atomic E-state index is 0.712. The van der Waals surface area contributed by atoms with Crippen molar-refractivity contribution in [3.05, 3.63) is 11.1 Å². The van der Waals surface area contributed by atoms with Gasteiger partial charge in [-0.1, -0.05) is 18.1 Å². The molecule has 1 saturated carbocycles. The van der Waals surface area contributed by atoms with Crippen molar-refractivity contribution in [2.75, 3.05) is 0 Å². The van der Waals surface area contributed by atoms with Crippen LogP contribution in [0.15, 0.2) is 11.1 Å². The van der Waals surface area contributed by atoms with Gasteiger partial charge in [-0.2, -0.15) is 0 Å². The van der Waals surface area contributed by atoms with Gasteiger partial charge in [0, 0.05) is 0 Å². The Morgan fingerprint density at radius 1 is 1.50 bits per heavy atom. The molecule has 8 heavy (non-hydrogen) atoms. The van der Waals surface area contributed by atoms with Crippen molar-refractivity contribution in [1.29, 1.82) is 0 Å². The lowest BCUT2D eigenvalue weighted by Gasteiger charge is -1.97. The maximum absolute atomic E-state index is 2.39. The second-order valence-electron chi connectivity index (χ2n) is 3.50. The van der Waals surface area contributed by atoms with Gasteiger partial charge in [0.2, 0.25) is 0 Å². The average Bonchev–Trinajstić information content (AvgIpc) is 2.32. The van der Waals surface area contributed by atoms with E-state index in [9.17, 15) is 0 Å². The van der Waals surface area contributed by atoms with Crippen LogP contribution in [0.2, 0.25) is 0 Å². The van der Waals surface area contributed by atoms with Crippen LogP contribution in [0.4, 0.5) is 0 Å². The summed E-state index contributed by atoms with van der Waals surface area (Å²) in [7, 11) is 0. The van der Waals surface area contributed by atoms with E-state index >= 15 is 0 Å². The van der Waals surface area contributed by atoms with Crippen molar-refractivity contribution < 1.29 is 0 Å². The summed E-state index contributed by atoms with van der Waals surface area (Å²) >= 11 is 0. The molecule has 0 heteroatoms. The van der Waals surface area contributed by atoms with Gasteiger partial charge in [0.05, 0.1) is 0 Å². The van der Waals surface area contributed by atoms with Crippen LogP contribution >= 0.6 is 0 Å². The highest BCUT2D eigenvalue weighted by atomic mass is 14.5. The third-order valence-corrected chi connectivity index (χ3v) is 2.74. The third kappa shape index (κ3) is 0.367. The summed E-state index contributed by atoms with van der Waals surface area (Å²) in [6.07, 6.45) is 4.23. The lowest BCUT2D eigenvalue weighted by molar-refractivity contribution is 0.568. The van der Waals surface area contributed by atoms with E-state index in [0.717, 1.165) is 0 Å². The molecule has 0 heterocycles. The van der Waals surface area contributed by atoms with Crippen LogP contribution in [0.5, 0.6) is 0 Å². The van der Waals surface area contributed by atoms with Gasteiger partial charge in [0.25, 0.3) is 0 Å². The molecule has 1 atom stereocenters. The number of allylic oxidation sites excluding steroid dienone is 2. The van der Waals surface area contributed by atoms with Crippen LogP contribution in [0.3, 0.4) is 0 Å². The summed E-state index contributed by atoms with van der Waals surface area (Å²) in [6, 6.07) is 0. The molecule has 0 nitrogen and oxygen atoms in total. The Hall–Kier alpha value is -0.260. The molecule has 44 valence electrons. The van der Waals surface area contributed by atoms with Gasteiger partial charge >= 0.3 is 0 Å². The maximum atomic E-state index is 2.39. The molecule has 1 fully saturated rings. The highest BCUT2D eigenvalue weighted by molar-refractivity contribution is 5.40. The van der Waals surface area contributed by atoms with E-state index in [1.807, 2.05) is 0 Å². The van der Waals surface area contributed by atoms with Crippen LogP contribution in [0.1, 0.15) is 33.1 Å². The zero-order valence-electron chi connectivity index (χ0n) is 5.62. The molecule has 0 N–H and O–H groups in total. The standard InChI is InChI=1S/C8H12/c1-6-3-4-8(2)5-7(6)8/h3-5H2,1-2H3. The van der Waals surface area contributed by atoms with Gasteiger partial charge in [-0.05, 0) is 31.6 Å². The summed E-state index contributed by atoms with van der Waals surface area (Å²) in [6.45, 7) is 4.67. The highest BCUT2D eigenvalue weighted by Crippen LogP contribution is 2.61. The molecule has 2 rings (SSSR count). The van der Waals surface area contributed by atoms with E-state index in [-0.39, 0.29) is 0 Å². The zero-order chi connectivity index (χ0) is 5.78. The monoisotopic (exact) mass is 108 g/mol. The molecule has 0 aromatic rings. The molecule has 2 aliphatic carbocycles. The molecule has 0 aromatic heterocycles. The van der Waals surface area contributed by atoms with Crippen molar-refractivity contribution >= 4 is 0 Å². The minimum atomic E-state index is 0.712. The van der Waals surface area contributed by atoms with Crippen LogP contribution in [-0.4, -0.2) is 0 Å². The Kier molecular flexibility index (Phi) is 0.588. The van der Waals surface area contributed by atoms with Crippen molar-refractivity contribution in [2.45, 2.75) is 33.1 Å². The fraction of sp³-hybridized carbons (Fsp3) is 0.750. The number of rotatable bonds is 0. The Bertz CT molecular complexity index is 165. The summed E-state index contributed by atoms with van der Waals surface area (Å²) < 4.78 is 0. The molecule has 0 bridgehead atoms. The number of hydrogen-bond acceptors (Lipinski definition) is 0. The molecule has 0 radical (unpaired) electrons. The van der Waals surface area contributed by atoms with E-state index in [2.05, 4.69) is 13.8 Å². The Morgan fingerprint density at radius 3 is 2.38 bits per heavy atom. The number of fused-ring (bicyclic) bond motifs is 1. The van der Waals surface area contributed by atoms with E-state index in [1.54, 1.807) is 11.1 Å². The molecular weight excluding hydrogens is 96.1 g/mol. The summed E-state index contributed by atoms with van der Waals surface area (Å²) in [4.78, 5) is 0. The Balaban J connectivity index is 2.39. The Labute approximate surface area is 50.6 Å². The van der Waals surface area contributed by atoms with Gasteiger partial charge in [0.1, 0.15) is 0 Å². The van der Waals surface area contributed by atoms with Gasteiger partial charge in [-0.25, -0.2) is 0 Å². The molecule has 0 amide bonds. The Morgan fingerprint density at radius 2 is 2.25 bits per heavy atom. The molecule has 0 aromatic carbocycles. The molecule has 2 aliphatic rings. The first-order chi connectivity index (χ1) is 3.72. The second-order valence-corrected chi connectivity index (χ2v) is 3.50. The van der Waals surface area contributed by atoms with Crippen LogP contribution < -0.4 is 0 Å². The van der Waals surface area contributed by atoms with Gasteiger partial charge in [-0.3, -0.25) is 0 Å². The maximum Gasteiger partial charge on any atom is -0.00730 e. The van der Waals surface area contributed by atoms with E-state index < -0.39 is 0 Å². The predicted octanol–water partition coefficient (Wildman–Crippen LogP) is 2.51. The van der Waals surface area contributed by atoms with E-state index in [4.69, 9.17) is 0 Å². The molecular formula is C8H12.